The Morgan fingerprint density at radius 3 is 2.83 bits per heavy atom. The van der Waals surface area contributed by atoms with Gasteiger partial charge < -0.3 is 20.5 Å². The number of hydrogen-bond donors (Lipinski definition) is 3. The van der Waals surface area contributed by atoms with Gasteiger partial charge in [-0.25, -0.2) is 4.79 Å². The van der Waals surface area contributed by atoms with Crippen molar-refractivity contribution in [3.8, 4) is 5.75 Å². The number of ether oxygens (including phenoxy) is 1. The molecule has 1 aromatic carbocycles. The number of carbonyl (C=O) groups is 1. The molecule has 1 aromatic heterocycles. The molecule has 3 N–H and O–H groups in total. The molecule has 0 aliphatic rings. The Morgan fingerprint density at radius 1 is 1.38 bits per heavy atom. The highest BCUT2D eigenvalue weighted by atomic mass is 32.1. The fraction of sp³-hybridized carbons (Fsp3) is 0.389. The Hall–Kier alpha value is -2.05. The van der Waals surface area contributed by atoms with E-state index < -0.39 is 5.60 Å². The topological polar surface area (TPSA) is 70.6 Å². The fourth-order valence-corrected chi connectivity index (χ4v) is 3.08. The van der Waals surface area contributed by atoms with Crippen LogP contribution in [0.4, 0.5) is 4.79 Å². The molecule has 0 bridgehead atoms. The van der Waals surface area contributed by atoms with E-state index in [1.807, 2.05) is 55.6 Å². The molecule has 0 radical (unpaired) electrons. The normalized spacial score (nSPS) is 14.5. The molecule has 6 heteroatoms. The number of nitrogens with one attached hydrogen (secondary N) is 2. The van der Waals surface area contributed by atoms with Crippen LogP contribution >= 0.6 is 11.3 Å². The van der Waals surface area contributed by atoms with Gasteiger partial charge in [-0.1, -0.05) is 18.2 Å². The molecular weight excluding hydrogens is 324 g/mol. The Morgan fingerprint density at radius 2 is 2.17 bits per heavy atom. The van der Waals surface area contributed by atoms with Crippen LogP contribution in [0.25, 0.3) is 0 Å². The Balaban J connectivity index is 1.89. The quantitative estimate of drug-likeness (QED) is 0.718. The van der Waals surface area contributed by atoms with Gasteiger partial charge in [-0.3, -0.25) is 0 Å². The van der Waals surface area contributed by atoms with Crippen LogP contribution in [-0.2, 0) is 5.60 Å². The van der Waals surface area contributed by atoms with Crippen molar-refractivity contribution in [2.24, 2.45) is 0 Å². The lowest BCUT2D eigenvalue weighted by atomic mass is 10.1. The van der Waals surface area contributed by atoms with Crippen molar-refractivity contribution >= 4 is 17.4 Å². The number of benzene rings is 1. The molecule has 2 unspecified atom stereocenters. The molecule has 130 valence electrons. The van der Waals surface area contributed by atoms with E-state index in [4.69, 9.17) is 4.74 Å². The third-order valence-electron chi connectivity index (χ3n) is 3.66. The first kappa shape index (κ1) is 18.3. The number of thiophene rings is 1. The second-order valence-electron chi connectivity index (χ2n) is 5.81. The first-order valence-corrected chi connectivity index (χ1v) is 8.84. The second-order valence-corrected chi connectivity index (χ2v) is 6.75. The smallest absolute Gasteiger partial charge is 0.315 e. The third-order valence-corrected chi connectivity index (χ3v) is 4.78. The van der Waals surface area contributed by atoms with Gasteiger partial charge in [0, 0.05) is 4.88 Å². The number of amides is 2. The lowest BCUT2D eigenvalue weighted by molar-refractivity contribution is 0.0630. The van der Waals surface area contributed by atoms with Crippen LogP contribution in [0.3, 0.4) is 0 Å². The van der Waals surface area contributed by atoms with Crippen LogP contribution in [0, 0.1) is 0 Å². The summed E-state index contributed by atoms with van der Waals surface area (Å²) in [5.41, 5.74) is -0.120. The molecule has 2 amide bonds. The predicted molar refractivity (Wildman–Crippen MR) is 96.5 cm³/mol. The third kappa shape index (κ3) is 4.97. The maximum atomic E-state index is 12.1. The zero-order valence-electron chi connectivity index (χ0n) is 14.2. The van der Waals surface area contributed by atoms with E-state index in [9.17, 15) is 9.90 Å². The zero-order chi connectivity index (χ0) is 17.6. The number of carbonyl (C=O) groups excluding carboxylic acids is 1. The number of aliphatic hydroxyl groups is 1. The van der Waals surface area contributed by atoms with Gasteiger partial charge in [0.25, 0.3) is 0 Å². The van der Waals surface area contributed by atoms with Crippen LogP contribution < -0.4 is 15.4 Å². The summed E-state index contributed by atoms with van der Waals surface area (Å²) in [6.45, 7) is 6.27. The monoisotopic (exact) mass is 348 g/mol. The summed E-state index contributed by atoms with van der Waals surface area (Å²) < 4.78 is 5.47. The van der Waals surface area contributed by atoms with Crippen molar-refractivity contribution in [1.29, 1.82) is 0 Å². The first-order valence-electron chi connectivity index (χ1n) is 7.96. The Labute approximate surface area is 146 Å². The predicted octanol–water partition coefficient (Wildman–Crippen LogP) is 3.41. The van der Waals surface area contributed by atoms with Crippen molar-refractivity contribution in [3.05, 3.63) is 52.2 Å². The van der Waals surface area contributed by atoms with E-state index in [0.29, 0.717) is 6.61 Å². The largest absolute Gasteiger partial charge is 0.494 e. The molecule has 0 saturated carbocycles. The average Bonchev–Trinajstić information content (AvgIpc) is 3.09. The van der Waals surface area contributed by atoms with Crippen molar-refractivity contribution < 1.29 is 14.6 Å². The number of rotatable bonds is 7. The lowest BCUT2D eigenvalue weighted by Crippen LogP contribution is -2.43. The molecule has 0 spiro atoms. The number of hydrogen-bond acceptors (Lipinski definition) is 4. The minimum absolute atomic E-state index is 0.144. The van der Waals surface area contributed by atoms with Crippen molar-refractivity contribution in [2.75, 3.05) is 13.2 Å². The molecule has 24 heavy (non-hydrogen) atoms. The van der Waals surface area contributed by atoms with Crippen molar-refractivity contribution in [1.82, 2.24) is 10.6 Å². The summed E-state index contributed by atoms with van der Waals surface area (Å²) in [4.78, 5) is 12.9. The SMILES string of the molecule is CCOc1cccc(C(C)NC(=O)NCC(C)(O)c2cccs2)c1. The van der Waals surface area contributed by atoms with E-state index in [-0.39, 0.29) is 18.6 Å². The first-order chi connectivity index (χ1) is 11.4. The van der Waals surface area contributed by atoms with E-state index in [0.717, 1.165) is 16.2 Å². The molecule has 5 nitrogen and oxygen atoms in total. The van der Waals surface area contributed by atoms with Crippen LogP contribution in [0.5, 0.6) is 5.75 Å². The summed E-state index contributed by atoms with van der Waals surface area (Å²) in [6, 6.07) is 10.9. The standard InChI is InChI=1S/C18H24N2O3S/c1-4-23-15-8-5-7-14(11-15)13(2)20-17(21)19-12-18(3,22)16-9-6-10-24-16/h5-11,13,22H,4,12H2,1-3H3,(H2,19,20,21). The highest BCUT2D eigenvalue weighted by molar-refractivity contribution is 7.10. The fourth-order valence-electron chi connectivity index (χ4n) is 2.30. The van der Waals surface area contributed by atoms with Gasteiger partial charge in [0.05, 0.1) is 19.2 Å². The van der Waals surface area contributed by atoms with Gasteiger partial charge in [-0.2, -0.15) is 0 Å². The summed E-state index contributed by atoms with van der Waals surface area (Å²) in [5, 5.41) is 17.9. The van der Waals surface area contributed by atoms with Gasteiger partial charge in [-0.15, -0.1) is 11.3 Å². The lowest BCUT2D eigenvalue weighted by Gasteiger charge is -2.23. The molecule has 2 rings (SSSR count). The van der Waals surface area contributed by atoms with E-state index in [2.05, 4.69) is 10.6 Å². The second kappa shape index (κ2) is 8.17. The Bertz CT molecular complexity index is 656. The maximum absolute atomic E-state index is 12.1. The molecular formula is C18H24N2O3S. The van der Waals surface area contributed by atoms with Crippen molar-refractivity contribution in [3.63, 3.8) is 0 Å². The zero-order valence-corrected chi connectivity index (χ0v) is 15.0. The molecule has 0 fully saturated rings. The van der Waals surface area contributed by atoms with E-state index in [1.54, 1.807) is 6.92 Å². The van der Waals surface area contributed by atoms with Crippen LogP contribution in [0.1, 0.15) is 37.3 Å². The maximum Gasteiger partial charge on any atom is 0.315 e. The van der Waals surface area contributed by atoms with Crippen LogP contribution in [0.15, 0.2) is 41.8 Å². The van der Waals surface area contributed by atoms with Gasteiger partial charge >= 0.3 is 6.03 Å². The highest BCUT2D eigenvalue weighted by Gasteiger charge is 2.25. The average molecular weight is 348 g/mol. The molecule has 0 aliphatic carbocycles. The van der Waals surface area contributed by atoms with E-state index in [1.165, 1.54) is 11.3 Å². The molecule has 0 aliphatic heterocycles. The van der Waals surface area contributed by atoms with Crippen molar-refractivity contribution in [2.45, 2.75) is 32.4 Å². The van der Waals surface area contributed by atoms with E-state index >= 15 is 0 Å². The summed E-state index contributed by atoms with van der Waals surface area (Å²) >= 11 is 1.46. The highest BCUT2D eigenvalue weighted by Crippen LogP contribution is 2.24. The molecule has 1 heterocycles. The summed E-state index contributed by atoms with van der Waals surface area (Å²) in [7, 11) is 0. The van der Waals surface area contributed by atoms with Crippen LogP contribution in [0.2, 0.25) is 0 Å². The molecule has 0 saturated heterocycles. The number of urea groups is 1. The minimum Gasteiger partial charge on any atom is -0.494 e. The Kier molecular flexibility index (Phi) is 6.23. The summed E-state index contributed by atoms with van der Waals surface area (Å²) in [6.07, 6.45) is 0. The van der Waals surface area contributed by atoms with Gasteiger partial charge in [0.15, 0.2) is 0 Å². The summed E-state index contributed by atoms with van der Waals surface area (Å²) in [5.74, 6) is 0.782. The van der Waals surface area contributed by atoms with Gasteiger partial charge in [-0.05, 0) is 49.9 Å². The molecule has 2 atom stereocenters. The minimum atomic E-state index is -1.08. The molecule has 2 aromatic rings. The van der Waals surface area contributed by atoms with Gasteiger partial charge in [0.1, 0.15) is 11.4 Å². The van der Waals surface area contributed by atoms with Crippen LogP contribution in [-0.4, -0.2) is 24.3 Å². The van der Waals surface area contributed by atoms with Gasteiger partial charge in [0.2, 0.25) is 0 Å².